The number of nitrogens with one attached hydrogen (secondary N) is 2. The van der Waals surface area contributed by atoms with Crippen LogP contribution in [0.15, 0.2) is 46.5 Å². The van der Waals surface area contributed by atoms with E-state index in [-0.39, 0.29) is 24.3 Å². The molecule has 0 aliphatic rings. The fraction of sp³-hybridized carbons (Fsp3) is 0.316. The van der Waals surface area contributed by atoms with E-state index in [2.05, 4.69) is 21.9 Å². The number of aromatic nitrogens is 4. The summed E-state index contributed by atoms with van der Waals surface area (Å²) in [6.07, 6.45) is 0.739. The van der Waals surface area contributed by atoms with Crippen molar-refractivity contribution < 1.29 is 9.84 Å². The van der Waals surface area contributed by atoms with Crippen molar-refractivity contribution >= 4 is 17.1 Å². The Morgan fingerprint density at radius 2 is 2.14 bits per heavy atom. The molecular weight excluding hydrogens is 362 g/mol. The van der Waals surface area contributed by atoms with Crippen LogP contribution in [-0.2, 0) is 13.6 Å². The van der Waals surface area contributed by atoms with Crippen molar-refractivity contribution in [3.8, 4) is 5.75 Å². The Morgan fingerprint density at radius 1 is 1.39 bits per heavy atom. The maximum absolute atomic E-state index is 12.4. The lowest BCUT2D eigenvalue weighted by Crippen LogP contribution is -2.31. The first-order valence-corrected chi connectivity index (χ1v) is 8.83. The van der Waals surface area contributed by atoms with E-state index in [1.165, 1.54) is 11.6 Å². The number of para-hydroxylation sites is 1. The molecule has 0 aliphatic carbocycles. The van der Waals surface area contributed by atoms with Gasteiger partial charge in [-0.05, 0) is 18.6 Å². The molecular formula is C19H23N5O4. The molecule has 0 fully saturated rings. The third-order valence-electron chi connectivity index (χ3n) is 4.33. The molecule has 9 nitrogen and oxygen atoms in total. The normalized spacial score (nSPS) is 12.1. The van der Waals surface area contributed by atoms with E-state index >= 15 is 0 Å². The Hall–Kier alpha value is -3.33. The lowest BCUT2D eigenvalue weighted by Gasteiger charge is -2.16. The molecule has 0 bridgehead atoms. The Bertz CT molecular complexity index is 1110. The van der Waals surface area contributed by atoms with Gasteiger partial charge in [0.05, 0.1) is 6.54 Å². The van der Waals surface area contributed by atoms with Gasteiger partial charge in [-0.15, -0.1) is 6.58 Å². The van der Waals surface area contributed by atoms with Gasteiger partial charge in [-0.25, -0.2) is 4.79 Å². The van der Waals surface area contributed by atoms with Gasteiger partial charge in [-0.1, -0.05) is 24.3 Å². The first-order valence-electron chi connectivity index (χ1n) is 8.83. The summed E-state index contributed by atoms with van der Waals surface area (Å²) in [5.41, 5.74) is 0.267. The summed E-state index contributed by atoms with van der Waals surface area (Å²) >= 11 is 0. The van der Waals surface area contributed by atoms with Crippen molar-refractivity contribution in [3.05, 3.63) is 63.3 Å². The molecule has 1 atom stereocenters. The summed E-state index contributed by atoms with van der Waals surface area (Å²) in [7, 11) is 1.52. The van der Waals surface area contributed by atoms with Crippen LogP contribution >= 0.6 is 0 Å². The predicted molar refractivity (Wildman–Crippen MR) is 107 cm³/mol. The highest BCUT2D eigenvalue weighted by atomic mass is 16.5. The second-order valence-electron chi connectivity index (χ2n) is 6.44. The number of H-pyrrole nitrogens is 1. The number of hydrogen-bond acceptors (Lipinski definition) is 6. The van der Waals surface area contributed by atoms with Crippen LogP contribution in [-0.4, -0.2) is 43.5 Å². The smallest absolute Gasteiger partial charge is 0.329 e. The SMILES string of the molecule is C=CCNc1nc2c(c(=O)[nH]c(=O)n2C)n1CC(O)COc1ccccc1C. The number of aryl methyl sites for hydroxylation is 2. The topological polar surface area (TPSA) is 114 Å². The number of fused-ring (bicyclic) bond motifs is 1. The molecule has 1 aromatic carbocycles. The third kappa shape index (κ3) is 3.84. The molecule has 3 rings (SSSR count). The van der Waals surface area contributed by atoms with Crippen molar-refractivity contribution in [2.45, 2.75) is 19.6 Å². The largest absolute Gasteiger partial charge is 0.491 e. The molecule has 0 amide bonds. The van der Waals surface area contributed by atoms with E-state index in [4.69, 9.17) is 4.74 Å². The third-order valence-corrected chi connectivity index (χ3v) is 4.33. The summed E-state index contributed by atoms with van der Waals surface area (Å²) in [6, 6.07) is 7.51. The van der Waals surface area contributed by atoms with Crippen LogP contribution in [0.3, 0.4) is 0 Å². The van der Waals surface area contributed by atoms with E-state index in [1.54, 1.807) is 10.6 Å². The monoisotopic (exact) mass is 385 g/mol. The summed E-state index contributed by atoms with van der Waals surface area (Å²) < 4.78 is 8.49. The molecule has 3 aromatic rings. The molecule has 148 valence electrons. The van der Waals surface area contributed by atoms with Crippen molar-refractivity contribution in [2.75, 3.05) is 18.5 Å². The molecule has 9 heteroatoms. The van der Waals surface area contributed by atoms with Crippen molar-refractivity contribution in [1.29, 1.82) is 0 Å². The van der Waals surface area contributed by atoms with Crippen molar-refractivity contribution in [2.24, 2.45) is 7.05 Å². The molecule has 0 saturated heterocycles. The Balaban J connectivity index is 1.91. The zero-order chi connectivity index (χ0) is 20.3. The van der Waals surface area contributed by atoms with Gasteiger partial charge in [-0.3, -0.25) is 14.3 Å². The number of rotatable bonds is 8. The maximum Gasteiger partial charge on any atom is 0.329 e. The van der Waals surface area contributed by atoms with Gasteiger partial charge in [-0.2, -0.15) is 4.98 Å². The van der Waals surface area contributed by atoms with Gasteiger partial charge in [0, 0.05) is 13.6 Å². The van der Waals surface area contributed by atoms with Crippen LogP contribution in [0.25, 0.3) is 11.2 Å². The standard InChI is InChI=1S/C19H23N5O4/c1-4-9-20-18-21-16-15(17(26)22-19(27)23(16)3)24(18)10-13(25)11-28-14-8-6-5-7-12(14)2/h4-8,13,25H,1,9-11H2,2-3H3,(H,20,21)(H,22,26,27). The average Bonchev–Trinajstić information content (AvgIpc) is 3.02. The average molecular weight is 385 g/mol. The van der Waals surface area contributed by atoms with Crippen molar-refractivity contribution in [1.82, 2.24) is 19.1 Å². The Kier molecular flexibility index (Phi) is 5.65. The van der Waals surface area contributed by atoms with Crippen LogP contribution < -0.4 is 21.3 Å². The zero-order valence-corrected chi connectivity index (χ0v) is 15.8. The summed E-state index contributed by atoms with van der Waals surface area (Å²) in [5, 5.41) is 13.5. The maximum atomic E-state index is 12.4. The first kappa shape index (κ1) is 19.4. The molecule has 2 heterocycles. The van der Waals surface area contributed by atoms with Crippen molar-refractivity contribution in [3.63, 3.8) is 0 Å². The van der Waals surface area contributed by atoms with Crippen LogP contribution in [0.5, 0.6) is 5.75 Å². The number of aliphatic hydroxyl groups is 1. The molecule has 0 saturated carbocycles. The second kappa shape index (κ2) is 8.13. The summed E-state index contributed by atoms with van der Waals surface area (Å²) in [5.74, 6) is 1.04. The van der Waals surface area contributed by atoms with Gasteiger partial charge in [0.1, 0.15) is 18.5 Å². The predicted octanol–water partition coefficient (Wildman–Crippen LogP) is 0.770. The molecule has 0 radical (unpaired) electrons. The van der Waals surface area contributed by atoms with Gasteiger partial charge in [0.25, 0.3) is 5.56 Å². The Morgan fingerprint density at radius 3 is 2.86 bits per heavy atom. The molecule has 2 aromatic heterocycles. The lowest BCUT2D eigenvalue weighted by molar-refractivity contribution is 0.0935. The fourth-order valence-corrected chi connectivity index (χ4v) is 2.88. The number of benzene rings is 1. The van der Waals surface area contributed by atoms with Crippen LogP contribution in [0, 0.1) is 6.92 Å². The molecule has 28 heavy (non-hydrogen) atoms. The van der Waals surface area contributed by atoms with Gasteiger partial charge in [0.2, 0.25) is 5.95 Å². The number of nitrogens with zero attached hydrogens (tertiary/aromatic N) is 3. The number of aromatic amines is 1. The zero-order valence-electron chi connectivity index (χ0n) is 15.8. The first-order chi connectivity index (χ1) is 13.4. The molecule has 0 aliphatic heterocycles. The summed E-state index contributed by atoms with van der Waals surface area (Å²) in [6.45, 7) is 6.07. The van der Waals surface area contributed by atoms with Gasteiger partial charge >= 0.3 is 5.69 Å². The van der Waals surface area contributed by atoms with E-state index in [0.717, 1.165) is 5.56 Å². The second-order valence-corrected chi connectivity index (χ2v) is 6.44. The van der Waals surface area contributed by atoms with Crippen LogP contribution in [0.2, 0.25) is 0 Å². The minimum absolute atomic E-state index is 0.0368. The minimum Gasteiger partial charge on any atom is -0.491 e. The quantitative estimate of drug-likeness (QED) is 0.494. The highest BCUT2D eigenvalue weighted by Gasteiger charge is 2.19. The van der Waals surface area contributed by atoms with E-state index in [9.17, 15) is 14.7 Å². The van der Waals surface area contributed by atoms with Gasteiger partial charge in [0.15, 0.2) is 11.2 Å². The number of hydrogen-bond donors (Lipinski definition) is 3. The van der Waals surface area contributed by atoms with Crippen LogP contribution in [0.1, 0.15) is 5.56 Å². The Labute approximate surface area is 160 Å². The number of ether oxygens (including phenoxy) is 1. The molecule has 0 spiro atoms. The van der Waals surface area contributed by atoms with Crippen LogP contribution in [0.4, 0.5) is 5.95 Å². The summed E-state index contributed by atoms with van der Waals surface area (Å²) in [4.78, 5) is 30.8. The molecule has 1 unspecified atom stereocenters. The lowest BCUT2D eigenvalue weighted by atomic mass is 10.2. The minimum atomic E-state index is -0.905. The van der Waals surface area contributed by atoms with E-state index in [1.807, 2.05) is 31.2 Å². The highest BCUT2D eigenvalue weighted by molar-refractivity contribution is 5.74. The highest BCUT2D eigenvalue weighted by Crippen LogP contribution is 2.18. The number of aliphatic hydroxyl groups excluding tert-OH is 1. The molecule has 3 N–H and O–H groups in total. The number of imidazole rings is 1. The van der Waals surface area contributed by atoms with Gasteiger partial charge < -0.3 is 19.7 Å². The number of anilines is 1. The van der Waals surface area contributed by atoms with E-state index in [0.29, 0.717) is 18.2 Å². The van der Waals surface area contributed by atoms with E-state index < -0.39 is 17.4 Å². The fourth-order valence-electron chi connectivity index (χ4n) is 2.88.